The average Bonchev–Trinajstić information content (AvgIpc) is 3.39. The van der Waals surface area contributed by atoms with Crippen LogP contribution in [-0.2, 0) is 7.05 Å². The predicted octanol–water partition coefficient (Wildman–Crippen LogP) is 8.56. The summed E-state index contributed by atoms with van der Waals surface area (Å²) in [6.45, 7) is 0. The third-order valence-electron chi connectivity index (χ3n) is 6.81. The lowest BCUT2D eigenvalue weighted by atomic mass is 10.0. The van der Waals surface area contributed by atoms with Gasteiger partial charge in [0.15, 0.2) is 0 Å². The Balaban J connectivity index is 1.56. The highest BCUT2D eigenvalue weighted by Crippen LogP contribution is 2.40. The van der Waals surface area contributed by atoms with Crippen LogP contribution in [0.2, 0.25) is 0 Å². The molecule has 0 saturated carbocycles. The van der Waals surface area contributed by atoms with Crippen molar-refractivity contribution in [1.82, 2.24) is 4.57 Å². The summed E-state index contributed by atoms with van der Waals surface area (Å²) < 4.78 is 8.59. The number of hydrogen-bond acceptors (Lipinski definition) is 1. The smallest absolute Gasteiger partial charge is 0.137 e. The highest BCUT2D eigenvalue weighted by Gasteiger charge is 2.17. The monoisotopic (exact) mass is 423 g/mol. The van der Waals surface area contributed by atoms with Gasteiger partial charge in [-0.2, -0.15) is 0 Å². The zero-order valence-corrected chi connectivity index (χ0v) is 18.2. The van der Waals surface area contributed by atoms with Gasteiger partial charge in [0.1, 0.15) is 11.2 Å². The van der Waals surface area contributed by atoms with Gasteiger partial charge in [-0.15, -0.1) is 0 Å². The van der Waals surface area contributed by atoms with E-state index < -0.39 is 0 Å². The molecule has 0 unspecified atom stereocenters. The Morgan fingerprint density at radius 3 is 1.82 bits per heavy atom. The fourth-order valence-electron chi connectivity index (χ4n) is 5.20. The molecule has 0 saturated heterocycles. The molecule has 2 heterocycles. The van der Waals surface area contributed by atoms with Crippen molar-refractivity contribution >= 4 is 43.7 Å². The third-order valence-corrected chi connectivity index (χ3v) is 6.81. The van der Waals surface area contributed by atoms with Crippen LogP contribution in [0, 0.1) is 0 Å². The summed E-state index contributed by atoms with van der Waals surface area (Å²) in [6.07, 6.45) is 0. The number of furan rings is 1. The molecule has 7 aromatic rings. The summed E-state index contributed by atoms with van der Waals surface area (Å²) in [7, 11) is 2.16. The number of aromatic nitrogens is 1. The molecule has 0 bridgehead atoms. The quantitative estimate of drug-likeness (QED) is 0.272. The van der Waals surface area contributed by atoms with Crippen LogP contribution in [0.5, 0.6) is 0 Å². The van der Waals surface area contributed by atoms with E-state index in [1.807, 2.05) is 0 Å². The van der Waals surface area contributed by atoms with E-state index in [1.54, 1.807) is 0 Å². The number of nitrogens with zero attached hydrogens (tertiary/aromatic N) is 1. The summed E-state index contributed by atoms with van der Waals surface area (Å²) in [5.74, 6) is 0. The lowest BCUT2D eigenvalue weighted by Crippen LogP contribution is -1.87. The van der Waals surface area contributed by atoms with Crippen LogP contribution in [0.25, 0.3) is 66.0 Å². The summed E-state index contributed by atoms with van der Waals surface area (Å²) in [5.41, 5.74) is 9.18. The first-order valence-corrected chi connectivity index (χ1v) is 11.3. The fourth-order valence-corrected chi connectivity index (χ4v) is 5.20. The lowest BCUT2D eigenvalue weighted by Gasteiger charge is -2.03. The van der Waals surface area contributed by atoms with Gasteiger partial charge < -0.3 is 8.98 Å². The molecule has 0 aliphatic carbocycles. The molecule has 0 amide bonds. The van der Waals surface area contributed by atoms with E-state index in [0.29, 0.717) is 0 Å². The molecule has 0 N–H and O–H groups in total. The molecule has 0 atom stereocenters. The molecule has 5 aromatic carbocycles. The second-order valence-electron chi connectivity index (χ2n) is 8.67. The molecule has 0 fully saturated rings. The maximum absolute atomic E-state index is 6.28. The van der Waals surface area contributed by atoms with Crippen molar-refractivity contribution in [2.45, 2.75) is 0 Å². The SMILES string of the molecule is Cn1c2ccc(-c3ccccc3)cc2c2ccc3oc4ccc(-c5ccccc5)cc4c3c21. The zero-order chi connectivity index (χ0) is 21.9. The van der Waals surface area contributed by atoms with E-state index in [0.717, 1.165) is 16.6 Å². The van der Waals surface area contributed by atoms with Crippen molar-refractivity contribution in [3.05, 3.63) is 109 Å². The molecule has 156 valence electrons. The van der Waals surface area contributed by atoms with Crippen molar-refractivity contribution in [3.63, 3.8) is 0 Å². The van der Waals surface area contributed by atoms with E-state index in [4.69, 9.17) is 4.42 Å². The molecule has 0 aliphatic heterocycles. The Bertz CT molecular complexity index is 1800. The summed E-state index contributed by atoms with van der Waals surface area (Å²) in [4.78, 5) is 0. The van der Waals surface area contributed by atoms with Gasteiger partial charge in [-0.3, -0.25) is 0 Å². The third kappa shape index (κ3) is 2.68. The number of benzene rings is 5. The minimum atomic E-state index is 0.924. The van der Waals surface area contributed by atoms with Gasteiger partial charge in [0, 0.05) is 28.7 Å². The molecule has 0 aliphatic rings. The summed E-state index contributed by atoms with van der Waals surface area (Å²) in [6, 6.07) is 38.7. The molecular formula is C31H21NO. The van der Waals surface area contributed by atoms with Gasteiger partial charge >= 0.3 is 0 Å². The highest BCUT2D eigenvalue weighted by atomic mass is 16.3. The van der Waals surface area contributed by atoms with Crippen LogP contribution in [0.3, 0.4) is 0 Å². The van der Waals surface area contributed by atoms with Gasteiger partial charge in [0.25, 0.3) is 0 Å². The average molecular weight is 424 g/mol. The predicted molar refractivity (Wildman–Crippen MR) is 139 cm³/mol. The van der Waals surface area contributed by atoms with E-state index in [2.05, 4.69) is 121 Å². The van der Waals surface area contributed by atoms with Gasteiger partial charge in [-0.05, 0) is 58.7 Å². The topological polar surface area (TPSA) is 18.1 Å². The molecule has 0 radical (unpaired) electrons. The second-order valence-corrected chi connectivity index (χ2v) is 8.67. The molecule has 2 heteroatoms. The standard InChI is InChI=1S/C31H21NO/c1-32-27-15-12-22(20-8-4-2-5-9-20)18-25(27)24-14-17-29-30(31(24)32)26-19-23(13-16-28(26)33-29)21-10-6-3-7-11-21/h2-19H,1H3. The first-order valence-electron chi connectivity index (χ1n) is 11.3. The van der Waals surface area contributed by atoms with E-state index in [1.165, 1.54) is 49.4 Å². The Hall–Kier alpha value is -4.30. The van der Waals surface area contributed by atoms with E-state index in [9.17, 15) is 0 Å². The maximum atomic E-state index is 6.28. The van der Waals surface area contributed by atoms with E-state index >= 15 is 0 Å². The second kappa shape index (κ2) is 6.85. The van der Waals surface area contributed by atoms with E-state index in [-0.39, 0.29) is 0 Å². The first kappa shape index (κ1) is 18.3. The van der Waals surface area contributed by atoms with Crippen LogP contribution in [-0.4, -0.2) is 4.57 Å². The summed E-state index contributed by atoms with van der Waals surface area (Å²) in [5, 5.41) is 4.86. The Morgan fingerprint density at radius 2 is 1.12 bits per heavy atom. The number of rotatable bonds is 2. The largest absolute Gasteiger partial charge is 0.456 e. The normalized spacial score (nSPS) is 11.8. The van der Waals surface area contributed by atoms with Crippen LogP contribution in [0.15, 0.2) is 114 Å². The van der Waals surface area contributed by atoms with Crippen molar-refractivity contribution in [2.24, 2.45) is 7.05 Å². The van der Waals surface area contributed by atoms with Crippen molar-refractivity contribution < 1.29 is 4.42 Å². The molecule has 2 nitrogen and oxygen atoms in total. The molecule has 2 aromatic heterocycles. The lowest BCUT2D eigenvalue weighted by molar-refractivity contribution is 0.669. The zero-order valence-electron chi connectivity index (χ0n) is 18.2. The molecule has 7 rings (SSSR count). The Labute approximate surface area is 191 Å². The van der Waals surface area contributed by atoms with Crippen molar-refractivity contribution in [2.75, 3.05) is 0 Å². The van der Waals surface area contributed by atoms with Crippen molar-refractivity contribution in [3.8, 4) is 22.3 Å². The first-order chi connectivity index (χ1) is 16.3. The van der Waals surface area contributed by atoms with Crippen LogP contribution in [0.1, 0.15) is 0 Å². The van der Waals surface area contributed by atoms with Crippen LogP contribution >= 0.6 is 0 Å². The minimum absolute atomic E-state index is 0.924. The van der Waals surface area contributed by atoms with Gasteiger partial charge in [-0.25, -0.2) is 0 Å². The molecular weight excluding hydrogens is 402 g/mol. The molecule has 0 spiro atoms. The highest BCUT2D eigenvalue weighted by molar-refractivity contribution is 6.24. The molecule has 33 heavy (non-hydrogen) atoms. The number of fused-ring (bicyclic) bond motifs is 7. The van der Waals surface area contributed by atoms with Gasteiger partial charge in [0.05, 0.1) is 10.9 Å². The fraction of sp³-hybridized carbons (Fsp3) is 0.0323. The Morgan fingerprint density at radius 1 is 0.515 bits per heavy atom. The number of hydrogen-bond donors (Lipinski definition) is 0. The van der Waals surface area contributed by atoms with Crippen molar-refractivity contribution in [1.29, 1.82) is 0 Å². The van der Waals surface area contributed by atoms with Crippen LogP contribution < -0.4 is 0 Å². The summed E-state index contributed by atoms with van der Waals surface area (Å²) >= 11 is 0. The minimum Gasteiger partial charge on any atom is -0.456 e. The van der Waals surface area contributed by atoms with Gasteiger partial charge in [0.2, 0.25) is 0 Å². The Kier molecular flexibility index (Phi) is 3.80. The van der Waals surface area contributed by atoms with Crippen LogP contribution in [0.4, 0.5) is 0 Å². The van der Waals surface area contributed by atoms with Gasteiger partial charge in [-0.1, -0.05) is 72.8 Å². The maximum Gasteiger partial charge on any atom is 0.137 e. The number of aryl methyl sites for hydroxylation is 1.